The predicted molar refractivity (Wildman–Crippen MR) is 218 cm³/mol. The first-order chi connectivity index (χ1) is 24.3. The molecule has 0 unspecified atom stereocenters. The Balaban J connectivity index is 1.12. The number of hydrogen-bond acceptors (Lipinski definition) is 4. The van der Waals surface area contributed by atoms with Gasteiger partial charge < -0.3 is 4.90 Å². The zero-order chi connectivity index (χ0) is 33.8. The molecule has 0 saturated heterocycles. The Labute approximate surface area is 305 Å². The monoisotopic (exact) mass is 697 g/mol. The average molecular weight is 698 g/mol. The fourth-order valence-corrected chi connectivity index (χ4v) is 11.4. The Kier molecular flexibility index (Phi) is 6.55. The molecule has 5 aromatic carbocycles. The average Bonchev–Trinajstić information content (AvgIpc) is 3.97. The molecule has 2 aliphatic rings. The van der Waals surface area contributed by atoms with Crippen LogP contribution >= 0.6 is 34.0 Å². The van der Waals surface area contributed by atoms with Crippen molar-refractivity contribution < 1.29 is 0 Å². The van der Waals surface area contributed by atoms with Crippen LogP contribution in [-0.2, 0) is 10.8 Å². The van der Waals surface area contributed by atoms with Gasteiger partial charge in [-0.2, -0.15) is 0 Å². The largest absolute Gasteiger partial charge is 0.310 e. The normalized spacial score (nSPS) is 14.7. The number of anilines is 3. The second-order valence-electron chi connectivity index (χ2n) is 14.6. The van der Waals surface area contributed by atoms with Crippen molar-refractivity contribution in [2.24, 2.45) is 0 Å². The van der Waals surface area contributed by atoms with Crippen LogP contribution in [0.1, 0.15) is 49.9 Å². The summed E-state index contributed by atoms with van der Waals surface area (Å²) in [5.41, 5.74) is 14.4. The van der Waals surface area contributed by atoms with Gasteiger partial charge >= 0.3 is 0 Å². The fraction of sp³-hybridized carbons (Fsp3) is 0.130. The van der Waals surface area contributed by atoms with Crippen LogP contribution in [0.2, 0.25) is 0 Å². The molecule has 0 radical (unpaired) electrons. The first-order valence-corrected chi connectivity index (χ1v) is 19.8. The van der Waals surface area contributed by atoms with E-state index in [1.165, 1.54) is 91.2 Å². The minimum absolute atomic E-state index is 0.0789. The topological polar surface area (TPSA) is 3.24 Å². The highest BCUT2D eigenvalue weighted by Crippen LogP contribution is 2.53. The summed E-state index contributed by atoms with van der Waals surface area (Å²) in [5.74, 6) is 0. The highest BCUT2D eigenvalue weighted by molar-refractivity contribution is 7.28. The van der Waals surface area contributed by atoms with Gasteiger partial charge in [-0.3, -0.25) is 0 Å². The summed E-state index contributed by atoms with van der Waals surface area (Å²) in [4.78, 5) is 7.81. The standard InChI is InChI=1S/C46H35NS3/c1-45(2)36-12-7-5-10-32(36)34-19-17-29(25-38(34)45)47(30-18-20-35-33-11-6-8-13-37(33)46(3,4)39(35)26-30)31-16-15-28-24-44(50-43(28)27-31)42-22-21-41(49-42)40-14-9-23-48-40/h5-27H,1-4H3. The van der Waals surface area contributed by atoms with E-state index >= 15 is 0 Å². The molecule has 8 aromatic rings. The van der Waals surface area contributed by atoms with Crippen LogP contribution < -0.4 is 4.90 Å². The van der Waals surface area contributed by atoms with E-state index in [-0.39, 0.29) is 10.8 Å². The van der Waals surface area contributed by atoms with Crippen molar-refractivity contribution >= 4 is 61.2 Å². The molecular formula is C46H35NS3. The number of benzene rings is 5. The molecule has 242 valence electrons. The molecule has 1 nitrogen and oxygen atoms in total. The Bertz CT molecular complexity index is 2510. The fourth-order valence-electron chi connectivity index (χ4n) is 8.41. The molecule has 3 aromatic heterocycles. The predicted octanol–water partition coefficient (Wildman–Crippen LogP) is 14.4. The molecule has 0 amide bonds. The molecule has 0 atom stereocenters. The van der Waals surface area contributed by atoms with E-state index in [1.54, 1.807) is 11.3 Å². The van der Waals surface area contributed by atoms with Gasteiger partial charge in [-0.05, 0) is 116 Å². The number of rotatable bonds is 5. The molecule has 4 heteroatoms. The lowest BCUT2D eigenvalue weighted by molar-refractivity contribution is 0.660. The molecule has 3 heterocycles. The second kappa shape index (κ2) is 10.9. The van der Waals surface area contributed by atoms with Crippen LogP contribution in [0.15, 0.2) is 139 Å². The van der Waals surface area contributed by atoms with E-state index in [4.69, 9.17) is 0 Å². The number of fused-ring (bicyclic) bond motifs is 7. The van der Waals surface area contributed by atoms with E-state index in [9.17, 15) is 0 Å². The van der Waals surface area contributed by atoms with Crippen molar-refractivity contribution in [2.75, 3.05) is 4.90 Å². The number of hydrogen-bond donors (Lipinski definition) is 0. The second-order valence-corrected chi connectivity index (χ2v) is 17.7. The van der Waals surface area contributed by atoms with E-state index < -0.39 is 0 Å². The maximum atomic E-state index is 2.48. The Morgan fingerprint density at radius 2 is 0.960 bits per heavy atom. The van der Waals surface area contributed by atoms with Gasteiger partial charge in [0.1, 0.15) is 0 Å². The molecule has 0 spiro atoms. The lowest BCUT2D eigenvalue weighted by Gasteiger charge is -2.29. The third-order valence-electron chi connectivity index (χ3n) is 11.0. The summed E-state index contributed by atoms with van der Waals surface area (Å²) in [7, 11) is 0. The summed E-state index contributed by atoms with van der Waals surface area (Å²) < 4.78 is 1.30. The van der Waals surface area contributed by atoms with Crippen molar-refractivity contribution in [3.8, 4) is 41.8 Å². The van der Waals surface area contributed by atoms with Crippen LogP contribution in [0.25, 0.3) is 51.8 Å². The van der Waals surface area contributed by atoms with Crippen molar-refractivity contribution in [3.05, 3.63) is 161 Å². The third-order valence-corrected chi connectivity index (χ3v) is 14.5. The van der Waals surface area contributed by atoms with Crippen molar-refractivity contribution in [3.63, 3.8) is 0 Å². The summed E-state index contributed by atoms with van der Waals surface area (Å²) in [6.07, 6.45) is 0. The van der Waals surface area contributed by atoms with Crippen molar-refractivity contribution in [1.82, 2.24) is 0 Å². The van der Waals surface area contributed by atoms with E-state index in [0.29, 0.717) is 0 Å². The van der Waals surface area contributed by atoms with Crippen molar-refractivity contribution in [2.45, 2.75) is 38.5 Å². The highest BCUT2D eigenvalue weighted by atomic mass is 32.1. The minimum Gasteiger partial charge on any atom is -0.310 e. The summed E-state index contributed by atoms with van der Waals surface area (Å²) in [6, 6.07) is 50.4. The smallest absolute Gasteiger partial charge is 0.0476 e. The van der Waals surface area contributed by atoms with Gasteiger partial charge in [0, 0.05) is 52.1 Å². The molecule has 0 bridgehead atoms. The quantitative estimate of drug-likeness (QED) is 0.173. The van der Waals surface area contributed by atoms with Gasteiger partial charge in [-0.15, -0.1) is 34.0 Å². The van der Waals surface area contributed by atoms with Gasteiger partial charge in [0.05, 0.1) is 0 Å². The Hall–Kier alpha value is -4.74. The van der Waals surface area contributed by atoms with E-state index in [0.717, 1.165) is 0 Å². The van der Waals surface area contributed by atoms with Gasteiger partial charge in [-0.25, -0.2) is 0 Å². The molecule has 0 saturated carbocycles. The maximum absolute atomic E-state index is 2.48. The molecule has 0 N–H and O–H groups in total. The zero-order valence-corrected chi connectivity index (χ0v) is 30.9. The zero-order valence-electron chi connectivity index (χ0n) is 28.5. The lowest BCUT2D eigenvalue weighted by Crippen LogP contribution is -2.18. The van der Waals surface area contributed by atoms with Crippen LogP contribution in [0.4, 0.5) is 17.1 Å². The Morgan fingerprint density at radius 1 is 0.420 bits per heavy atom. The van der Waals surface area contributed by atoms with Crippen LogP contribution in [0.3, 0.4) is 0 Å². The first-order valence-electron chi connectivity index (χ1n) is 17.2. The number of nitrogens with zero attached hydrogens (tertiary/aromatic N) is 1. The van der Waals surface area contributed by atoms with Crippen LogP contribution in [0.5, 0.6) is 0 Å². The molecule has 10 rings (SSSR count). The molecule has 0 fully saturated rings. The third kappa shape index (κ3) is 4.42. The minimum atomic E-state index is -0.0789. The molecule has 2 aliphatic carbocycles. The molecule has 50 heavy (non-hydrogen) atoms. The first kappa shape index (κ1) is 30.1. The SMILES string of the molecule is CC1(C)c2ccccc2-c2ccc(N(c3ccc4c(c3)C(C)(C)c3ccccc3-4)c3ccc4cc(-c5ccc(-c6cccs6)s5)sc4c3)cc21. The van der Waals surface area contributed by atoms with Gasteiger partial charge in [-0.1, -0.05) is 100 Å². The Morgan fingerprint density at radius 3 is 1.56 bits per heavy atom. The molecule has 0 aliphatic heterocycles. The maximum Gasteiger partial charge on any atom is 0.0476 e. The summed E-state index contributed by atoms with van der Waals surface area (Å²) in [6.45, 7) is 9.48. The van der Waals surface area contributed by atoms with Gasteiger partial charge in [0.25, 0.3) is 0 Å². The van der Waals surface area contributed by atoms with Crippen LogP contribution in [-0.4, -0.2) is 0 Å². The van der Waals surface area contributed by atoms with Crippen LogP contribution in [0, 0.1) is 0 Å². The lowest BCUT2D eigenvalue weighted by atomic mass is 9.82. The van der Waals surface area contributed by atoms with E-state index in [1.807, 2.05) is 22.7 Å². The molecular weight excluding hydrogens is 663 g/mol. The van der Waals surface area contributed by atoms with Gasteiger partial charge in [0.15, 0.2) is 0 Å². The van der Waals surface area contributed by atoms with E-state index in [2.05, 4.69) is 171 Å². The summed E-state index contributed by atoms with van der Waals surface area (Å²) in [5, 5.41) is 3.44. The number of thiophene rings is 3. The van der Waals surface area contributed by atoms with Crippen molar-refractivity contribution in [1.29, 1.82) is 0 Å². The highest BCUT2D eigenvalue weighted by Gasteiger charge is 2.37. The van der Waals surface area contributed by atoms with Gasteiger partial charge in [0.2, 0.25) is 0 Å². The summed E-state index contributed by atoms with van der Waals surface area (Å²) >= 11 is 5.58.